The Labute approximate surface area is 142 Å². The first-order valence-corrected chi connectivity index (χ1v) is 7.38. The van der Waals surface area contributed by atoms with Gasteiger partial charge in [0, 0.05) is 33.6 Å². The number of benzene rings is 2. The van der Waals surface area contributed by atoms with Gasteiger partial charge in [0.2, 0.25) is 5.91 Å². The van der Waals surface area contributed by atoms with Gasteiger partial charge < -0.3 is 10.6 Å². The van der Waals surface area contributed by atoms with Crippen LogP contribution < -0.4 is 10.6 Å². The van der Waals surface area contributed by atoms with Crippen LogP contribution in [-0.4, -0.2) is 16.9 Å². The summed E-state index contributed by atoms with van der Waals surface area (Å²) in [5, 5.41) is 17.2. The minimum Gasteiger partial charge on any atom is -0.374 e. The summed E-state index contributed by atoms with van der Waals surface area (Å²) in [4.78, 5) is 22.4. The van der Waals surface area contributed by atoms with E-state index in [0.717, 1.165) is 0 Å². The molecule has 0 aliphatic carbocycles. The molecule has 0 bridgehead atoms. The molecule has 0 fully saturated rings. The lowest BCUT2D eigenvalue weighted by Gasteiger charge is -2.15. The van der Waals surface area contributed by atoms with Gasteiger partial charge in [-0.3, -0.25) is 14.9 Å². The molecule has 0 aromatic heterocycles. The molecule has 0 saturated heterocycles. The number of hydrogen-bond donors (Lipinski definition) is 2. The molecule has 2 rings (SSSR count). The fraction of sp³-hybridized carbons (Fsp3) is 0.133. The van der Waals surface area contributed by atoms with Crippen molar-refractivity contribution in [3.63, 3.8) is 0 Å². The van der Waals surface area contributed by atoms with Gasteiger partial charge in [0.15, 0.2) is 0 Å². The van der Waals surface area contributed by atoms with Gasteiger partial charge in [-0.05, 0) is 31.2 Å². The molecule has 2 aromatic rings. The van der Waals surface area contributed by atoms with Gasteiger partial charge in [-0.25, -0.2) is 0 Å². The van der Waals surface area contributed by atoms with Crippen molar-refractivity contribution in [3.8, 4) is 0 Å². The van der Waals surface area contributed by atoms with E-state index in [2.05, 4.69) is 10.6 Å². The van der Waals surface area contributed by atoms with Crippen molar-refractivity contribution in [3.05, 3.63) is 62.6 Å². The van der Waals surface area contributed by atoms with E-state index in [1.807, 2.05) is 0 Å². The summed E-state index contributed by atoms with van der Waals surface area (Å²) >= 11 is 11.7. The monoisotopic (exact) mass is 353 g/mol. The van der Waals surface area contributed by atoms with Crippen LogP contribution in [-0.2, 0) is 4.79 Å². The van der Waals surface area contributed by atoms with Crippen LogP contribution in [0.2, 0.25) is 10.0 Å². The summed E-state index contributed by atoms with van der Waals surface area (Å²) in [6, 6.07) is 10.0. The number of anilines is 2. The zero-order valence-electron chi connectivity index (χ0n) is 12.0. The van der Waals surface area contributed by atoms with Crippen molar-refractivity contribution in [1.29, 1.82) is 0 Å². The highest BCUT2D eigenvalue weighted by molar-refractivity contribution is 6.35. The van der Waals surface area contributed by atoms with Crippen LogP contribution in [0, 0.1) is 10.1 Å². The van der Waals surface area contributed by atoms with E-state index in [0.29, 0.717) is 21.4 Å². The van der Waals surface area contributed by atoms with E-state index in [1.165, 1.54) is 12.1 Å². The molecule has 120 valence electrons. The zero-order valence-corrected chi connectivity index (χ0v) is 13.6. The molecule has 8 heteroatoms. The quantitative estimate of drug-likeness (QED) is 0.618. The van der Waals surface area contributed by atoms with Crippen molar-refractivity contribution in [2.24, 2.45) is 0 Å². The largest absolute Gasteiger partial charge is 0.374 e. The Bertz CT molecular complexity index is 732. The maximum absolute atomic E-state index is 12.2. The second kappa shape index (κ2) is 7.30. The Balaban J connectivity index is 2.05. The average Bonchev–Trinajstić information content (AvgIpc) is 2.46. The Hall–Kier alpha value is -2.31. The smallest absolute Gasteiger partial charge is 0.271 e. The minimum atomic E-state index is -0.616. The van der Waals surface area contributed by atoms with Crippen molar-refractivity contribution < 1.29 is 9.72 Å². The maximum atomic E-state index is 12.2. The Kier molecular flexibility index (Phi) is 5.41. The van der Waals surface area contributed by atoms with Gasteiger partial charge in [0.25, 0.3) is 5.69 Å². The lowest BCUT2D eigenvalue weighted by molar-refractivity contribution is -0.384. The van der Waals surface area contributed by atoms with Crippen LogP contribution in [0.15, 0.2) is 42.5 Å². The lowest BCUT2D eigenvalue weighted by Crippen LogP contribution is -2.31. The number of carbonyl (C=O) groups excluding carboxylic acids is 1. The van der Waals surface area contributed by atoms with Crippen LogP contribution in [0.25, 0.3) is 0 Å². The molecular formula is C15H13Cl2N3O3. The zero-order chi connectivity index (χ0) is 17.0. The summed E-state index contributed by atoms with van der Waals surface area (Å²) in [5.41, 5.74) is 0.899. The lowest BCUT2D eigenvalue weighted by atomic mass is 10.2. The predicted molar refractivity (Wildman–Crippen MR) is 91.3 cm³/mol. The van der Waals surface area contributed by atoms with E-state index < -0.39 is 11.0 Å². The molecule has 0 saturated carbocycles. The number of hydrogen-bond acceptors (Lipinski definition) is 4. The van der Waals surface area contributed by atoms with Gasteiger partial charge in [0.1, 0.15) is 6.04 Å². The molecule has 1 amide bonds. The highest BCUT2D eigenvalue weighted by atomic mass is 35.5. The van der Waals surface area contributed by atoms with Crippen molar-refractivity contribution in [2.45, 2.75) is 13.0 Å². The van der Waals surface area contributed by atoms with E-state index in [-0.39, 0.29) is 11.6 Å². The van der Waals surface area contributed by atoms with Crippen LogP contribution in [0.1, 0.15) is 6.92 Å². The molecule has 2 N–H and O–H groups in total. The summed E-state index contributed by atoms with van der Waals surface area (Å²) in [5.74, 6) is -0.324. The number of nitro groups is 1. The van der Waals surface area contributed by atoms with Crippen LogP contribution in [0.3, 0.4) is 0 Å². The van der Waals surface area contributed by atoms with Crippen LogP contribution in [0.5, 0.6) is 0 Å². The molecule has 0 aliphatic heterocycles. The van der Waals surface area contributed by atoms with E-state index in [1.54, 1.807) is 37.3 Å². The van der Waals surface area contributed by atoms with Crippen molar-refractivity contribution in [1.82, 2.24) is 0 Å². The van der Waals surface area contributed by atoms with Crippen LogP contribution >= 0.6 is 23.2 Å². The molecular weight excluding hydrogens is 341 g/mol. The number of halogens is 2. The molecule has 0 heterocycles. The molecule has 2 aromatic carbocycles. The number of nitrogens with one attached hydrogen (secondary N) is 2. The molecule has 0 unspecified atom stereocenters. The Morgan fingerprint density at radius 1 is 1.13 bits per heavy atom. The summed E-state index contributed by atoms with van der Waals surface area (Å²) in [7, 11) is 0. The molecule has 1 atom stereocenters. The van der Waals surface area contributed by atoms with Crippen molar-refractivity contribution >= 4 is 46.2 Å². The number of nitro benzene ring substituents is 1. The highest BCUT2D eigenvalue weighted by Gasteiger charge is 2.15. The number of amides is 1. The van der Waals surface area contributed by atoms with Gasteiger partial charge >= 0.3 is 0 Å². The number of nitrogens with zero attached hydrogens (tertiary/aromatic N) is 1. The molecule has 6 nitrogen and oxygen atoms in total. The third-order valence-corrected chi connectivity index (χ3v) is 3.40. The first-order chi connectivity index (χ1) is 10.8. The highest BCUT2D eigenvalue weighted by Crippen LogP contribution is 2.23. The summed E-state index contributed by atoms with van der Waals surface area (Å²) in [6.45, 7) is 1.64. The van der Waals surface area contributed by atoms with E-state index in [9.17, 15) is 14.9 Å². The Morgan fingerprint density at radius 2 is 1.78 bits per heavy atom. The first-order valence-electron chi connectivity index (χ1n) is 6.63. The second-order valence-corrected chi connectivity index (χ2v) is 5.69. The summed E-state index contributed by atoms with van der Waals surface area (Å²) in [6.07, 6.45) is 0. The predicted octanol–water partition coefficient (Wildman–Crippen LogP) is 4.34. The fourth-order valence-electron chi connectivity index (χ4n) is 1.90. The second-order valence-electron chi connectivity index (χ2n) is 4.82. The summed E-state index contributed by atoms with van der Waals surface area (Å²) < 4.78 is 0. The van der Waals surface area contributed by atoms with E-state index >= 15 is 0 Å². The van der Waals surface area contributed by atoms with Gasteiger partial charge in [-0.1, -0.05) is 29.3 Å². The minimum absolute atomic E-state index is 0.0516. The number of non-ortho nitro benzene ring substituents is 1. The number of carbonyl (C=O) groups is 1. The van der Waals surface area contributed by atoms with Crippen LogP contribution in [0.4, 0.5) is 17.1 Å². The number of rotatable bonds is 5. The molecule has 0 radical (unpaired) electrons. The van der Waals surface area contributed by atoms with Gasteiger partial charge in [0.05, 0.1) is 4.92 Å². The first kappa shape index (κ1) is 17.1. The van der Waals surface area contributed by atoms with E-state index in [4.69, 9.17) is 23.2 Å². The Morgan fingerprint density at radius 3 is 2.39 bits per heavy atom. The average molecular weight is 354 g/mol. The third kappa shape index (κ3) is 4.84. The standard InChI is InChI=1S/C15H13Cl2N3O3/c1-9(18-12-3-2-4-14(8-12)20(22)23)15(21)19-13-6-10(16)5-11(17)7-13/h2-9,18H,1H3,(H,19,21)/t9-/m1/s1. The normalized spacial score (nSPS) is 11.6. The SMILES string of the molecule is C[C@@H](Nc1cccc([N+](=O)[O-])c1)C(=O)Nc1cc(Cl)cc(Cl)c1. The third-order valence-electron chi connectivity index (χ3n) is 2.96. The van der Waals surface area contributed by atoms with Crippen molar-refractivity contribution in [2.75, 3.05) is 10.6 Å². The topological polar surface area (TPSA) is 84.3 Å². The fourth-order valence-corrected chi connectivity index (χ4v) is 2.43. The maximum Gasteiger partial charge on any atom is 0.271 e. The van der Waals surface area contributed by atoms with Gasteiger partial charge in [-0.2, -0.15) is 0 Å². The molecule has 0 aliphatic rings. The molecule has 23 heavy (non-hydrogen) atoms. The van der Waals surface area contributed by atoms with Gasteiger partial charge in [-0.15, -0.1) is 0 Å². The molecule has 0 spiro atoms.